The Morgan fingerprint density at radius 2 is 1.96 bits per heavy atom. The third-order valence-electron chi connectivity index (χ3n) is 4.61. The summed E-state index contributed by atoms with van der Waals surface area (Å²) in [6, 6.07) is 7.33. The molecule has 3 amide bonds. The second-order valence-electron chi connectivity index (χ2n) is 6.04. The summed E-state index contributed by atoms with van der Waals surface area (Å²) in [5.74, 6) is 0.674. The maximum absolute atomic E-state index is 12.5. The number of hydrogen-bond acceptors (Lipinski definition) is 4. The van der Waals surface area contributed by atoms with E-state index in [0.29, 0.717) is 13.2 Å². The Labute approximate surface area is 135 Å². The lowest BCUT2D eigenvalue weighted by atomic mass is 9.98. The Morgan fingerprint density at radius 3 is 2.70 bits per heavy atom. The van der Waals surface area contributed by atoms with E-state index in [2.05, 4.69) is 5.32 Å². The summed E-state index contributed by atoms with van der Waals surface area (Å²) in [7, 11) is 1.62. The number of para-hydroxylation sites is 1. The summed E-state index contributed by atoms with van der Waals surface area (Å²) in [6.07, 6.45) is 3.47. The van der Waals surface area contributed by atoms with Gasteiger partial charge in [-0.1, -0.05) is 31.0 Å². The van der Waals surface area contributed by atoms with E-state index in [0.717, 1.165) is 37.0 Å². The predicted molar refractivity (Wildman–Crippen MR) is 84.1 cm³/mol. The van der Waals surface area contributed by atoms with Gasteiger partial charge >= 0.3 is 6.03 Å². The molecule has 1 N–H and O–H groups in total. The highest BCUT2D eigenvalue weighted by Gasteiger charge is 2.52. The molecule has 1 aromatic carbocycles. The summed E-state index contributed by atoms with van der Waals surface area (Å²) in [5, 5.41) is 2.87. The first-order valence-corrected chi connectivity index (χ1v) is 8.00. The summed E-state index contributed by atoms with van der Waals surface area (Å²) >= 11 is 0. The molecule has 1 spiro atoms. The van der Waals surface area contributed by atoms with Crippen molar-refractivity contribution >= 4 is 11.9 Å². The number of carbonyl (C=O) groups is 2. The lowest BCUT2D eigenvalue weighted by Crippen LogP contribution is -2.44. The molecule has 23 heavy (non-hydrogen) atoms. The van der Waals surface area contributed by atoms with Gasteiger partial charge in [-0.15, -0.1) is 0 Å². The molecule has 124 valence electrons. The molecule has 1 saturated heterocycles. The molecule has 1 saturated carbocycles. The highest BCUT2D eigenvalue weighted by atomic mass is 16.5. The molecule has 2 aliphatic rings. The van der Waals surface area contributed by atoms with Crippen LogP contribution < -0.4 is 10.1 Å². The zero-order chi connectivity index (χ0) is 16.3. The molecule has 0 radical (unpaired) electrons. The first-order valence-electron chi connectivity index (χ1n) is 8.00. The molecular weight excluding hydrogens is 296 g/mol. The molecule has 0 aromatic heterocycles. The standard InChI is InChI=1S/C17H22N2O4/c1-22-14-7-3-2-6-13(14)12-23-11-10-19-15(20)17(18-16(19)21)8-4-5-9-17/h2-3,6-7H,4-5,8-12H2,1H3,(H,18,21). The monoisotopic (exact) mass is 318 g/mol. The maximum Gasteiger partial charge on any atom is 0.325 e. The zero-order valence-corrected chi connectivity index (χ0v) is 13.3. The molecule has 0 atom stereocenters. The van der Waals surface area contributed by atoms with Gasteiger partial charge in [-0.25, -0.2) is 4.79 Å². The van der Waals surface area contributed by atoms with E-state index in [9.17, 15) is 9.59 Å². The number of urea groups is 1. The van der Waals surface area contributed by atoms with Crippen molar-refractivity contribution in [3.63, 3.8) is 0 Å². The van der Waals surface area contributed by atoms with E-state index >= 15 is 0 Å². The highest BCUT2D eigenvalue weighted by molar-refractivity contribution is 6.07. The number of ether oxygens (including phenoxy) is 2. The number of benzene rings is 1. The first kappa shape index (κ1) is 15.8. The van der Waals surface area contributed by atoms with Crippen LogP contribution in [-0.2, 0) is 16.1 Å². The van der Waals surface area contributed by atoms with Crippen LogP contribution in [-0.4, -0.2) is 42.6 Å². The molecule has 0 bridgehead atoms. The van der Waals surface area contributed by atoms with Gasteiger partial charge in [0.15, 0.2) is 0 Å². The fourth-order valence-electron chi connectivity index (χ4n) is 3.36. The summed E-state index contributed by atoms with van der Waals surface area (Å²) in [5.41, 5.74) is 0.305. The number of nitrogens with one attached hydrogen (secondary N) is 1. The molecule has 1 heterocycles. The topological polar surface area (TPSA) is 67.9 Å². The maximum atomic E-state index is 12.5. The van der Waals surface area contributed by atoms with Crippen LogP contribution in [0.4, 0.5) is 4.79 Å². The van der Waals surface area contributed by atoms with Crippen molar-refractivity contribution < 1.29 is 19.1 Å². The van der Waals surface area contributed by atoms with Gasteiger partial charge in [0, 0.05) is 5.56 Å². The largest absolute Gasteiger partial charge is 0.496 e. The number of amides is 3. The summed E-state index contributed by atoms with van der Waals surface area (Å²) < 4.78 is 10.9. The SMILES string of the molecule is COc1ccccc1COCCN1C(=O)NC2(CCCC2)C1=O. The van der Waals surface area contributed by atoms with Gasteiger partial charge in [0.25, 0.3) is 5.91 Å². The summed E-state index contributed by atoms with van der Waals surface area (Å²) in [4.78, 5) is 25.8. The zero-order valence-electron chi connectivity index (χ0n) is 13.3. The number of carbonyl (C=O) groups excluding carboxylic acids is 2. The van der Waals surface area contributed by atoms with Crippen LogP contribution in [0.3, 0.4) is 0 Å². The molecule has 6 heteroatoms. The number of nitrogens with zero attached hydrogens (tertiary/aromatic N) is 1. The van der Waals surface area contributed by atoms with Gasteiger partial charge in [0.2, 0.25) is 0 Å². The molecule has 1 aliphatic carbocycles. The van der Waals surface area contributed by atoms with Crippen LogP contribution in [0.5, 0.6) is 5.75 Å². The first-order chi connectivity index (χ1) is 11.2. The van der Waals surface area contributed by atoms with Crippen LogP contribution >= 0.6 is 0 Å². The van der Waals surface area contributed by atoms with Gasteiger partial charge < -0.3 is 14.8 Å². The number of imide groups is 1. The highest BCUT2D eigenvalue weighted by Crippen LogP contribution is 2.34. The minimum atomic E-state index is -0.639. The van der Waals surface area contributed by atoms with Crippen molar-refractivity contribution in [1.29, 1.82) is 0 Å². The van der Waals surface area contributed by atoms with Gasteiger partial charge in [-0.2, -0.15) is 0 Å². The third kappa shape index (κ3) is 3.03. The van der Waals surface area contributed by atoms with Crippen molar-refractivity contribution in [2.75, 3.05) is 20.3 Å². The van der Waals surface area contributed by atoms with Crippen molar-refractivity contribution in [3.8, 4) is 5.75 Å². The van der Waals surface area contributed by atoms with Crippen molar-refractivity contribution in [2.24, 2.45) is 0 Å². The quantitative estimate of drug-likeness (QED) is 0.644. The second-order valence-corrected chi connectivity index (χ2v) is 6.04. The molecule has 6 nitrogen and oxygen atoms in total. The van der Waals surface area contributed by atoms with Crippen LogP contribution in [0, 0.1) is 0 Å². The van der Waals surface area contributed by atoms with E-state index in [4.69, 9.17) is 9.47 Å². The van der Waals surface area contributed by atoms with Gasteiger partial charge in [-0.3, -0.25) is 9.69 Å². The normalized spacial score (nSPS) is 19.4. The number of methoxy groups -OCH3 is 1. The minimum Gasteiger partial charge on any atom is -0.496 e. The van der Waals surface area contributed by atoms with E-state index in [1.165, 1.54) is 4.90 Å². The Morgan fingerprint density at radius 1 is 1.22 bits per heavy atom. The molecular formula is C17H22N2O4. The number of hydrogen-bond donors (Lipinski definition) is 1. The molecule has 3 rings (SSSR count). The number of rotatable bonds is 6. The van der Waals surface area contributed by atoms with Crippen LogP contribution in [0.15, 0.2) is 24.3 Å². The average Bonchev–Trinajstić information content (AvgIpc) is 3.12. The van der Waals surface area contributed by atoms with E-state index in [1.807, 2.05) is 24.3 Å². The minimum absolute atomic E-state index is 0.0964. The van der Waals surface area contributed by atoms with Gasteiger partial charge in [-0.05, 0) is 18.9 Å². The van der Waals surface area contributed by atoms with Gasteiger partial charge in [0.1, 0.15) is 11.3 Å². The van der Waals surface area contributed by atoms with Crippen LogP contribution in [0.1, 0.15) is 31.2 Å². The molecule has 1 aliphatic heterocycles. The fraction of sp³-hybridized carbons (Fsp3) is 0.529. The van der Waals surface area contributed by atoms with Crippen LogP contribution in [0.25, 0.3) is 0 Å². The smallest absolute Gasteiger partial charge is 0.325 e. The average molecular weight is 318 g/mol. The van der Waals surface area contributed by atoms with Crippen molar-refractivity contribution in [2.45, 2.75) is 37.8 Å². The molecule has 0 unspecified atom stereocenters. The Bertz CT molecular complexity index is 596. The second kappa shape index (κ2) is 6.58. The predicted octanol–water partition coefficient (Wildman–Crippen LogP) is 2.08. The Hall–Kier alpha value is -2.08. The lowest BCUT2D eigenvalue weighted by molar-refractivity contribution is -0.131. The van der Waals surface area contributed by atoms with Crippen LogP contribution in [0.2, 0.25) is 0 Å². The Kier molecular flexibility index (Phi) is 4.52. The van der Waals surface area contributed by atoms with E-state index in [-0.39, 0.29) is 18.5 Å². The van der Waals surface area contributed by atoms with Gasteiger partial charge in [0.05, 0.1) is 26.9 Å². The molecule has 2 fully saturated rings. The van der Waals surface area contributed by atoms with Crippen molar-refractivity contribution in [3.05, 3.63) is 29.8 Å². The van der Waals surface area contributed by atoms with Crippen molar-refractivity contribution in [1.82, 2.24) is 10.2 Å². The van der Waals surface area contributed by atoms with E-state index < -0.39 is 5.54 Å². The lowest BCUT2D eigenvalue weighted by Gasteiger charge is -2.20. The Balaban J connectivity index is 1.51. The van der Waals surface area contributed by atoms with E-state index in [1.54, 1.807) is 7.11 Å². The summed E-state index contributed by atoms with van der Waals surface area (Å²) in [6.45, 7) is 0.980. The molecule has 1 aromatic rings. The third-order valence-corrected chi connectivity index (χ3v) is 4.61. The fourth-order valence-corrected chi connectivity index (χ4v) is 3.36.